The van der Waals surface area contributed by atoms with Crippen LogP contribution in [0.3, 0.4) is 0 Å². The summed E-state index contributed by atoms with van der Waals surface area (Å²) in [4.78, 5) is 26.6. The van der Waals surface area contributed by atoms with Gasteiger partial charge in [-0.25, -0.2) is 4.90 Å². The maximum atomic E-state index is 12.7. The topological polar surface area (TPSA) is 55.8 Å². The first-order chi connectivity index (χ1) is 10.5. The van der Waals surface area contributed by atoms with Crippen molar-refractivity contribution in [3.8, 4) is 11.5 Å². The number of ether oxygens (including phenoxy) is 2. The average Bonchev–Trinajstić information content (AvgIpc) is 2.77. The van der Waals surface area contributed by atoms with Crippen molar-refractivity contribution in [2.24, 2.45) is 11.8 Å². The lowest BCUT2D eigenvalue weighted by Crippen LogP contribution is -2.30. The van der Waals surface area contributed by atoms with Crippen molar-refractivity contribution in [2.45, 2.75) is 19.8 Å². The molecule has 2 amide bonds. The number of anilines is 1. The molecule has 0 aromatic heterocycles. The number of amides is 2. The largest absolute Gasteiger partial charge is 0.497 e. The molecule has 2 aliphatic rings. The van der Waals surface area contributed by atoms with Crippen molar-refractivity contribution < 1.29 is 19.1 Å². The molecule has 0 spiro atoms. The summed E-state index contributed by atoms with van der Waals surface area (Å²) < 4.78 is 10.4. The molecule has 0 N–H and O–H groups in total. The summed E-state index contributed by atoms with van der Waals surface area (Å²) in [6, 6.07) is 5.10. The second-order valence-corrected chi connectivity index (χ2v) is 5.79. The molecule has 1 heterocycles. The molecular weight excluding hydrogens is 282 g/mol. The summed E-state index contributed by atoms with van der Waals surface area (Å²) in [6.07, 6.45) is 3.35. The standard InChI is InChI=1S/C17H19NO4/c1-10-4-5-14-15(6-10)17(20)18(16(14)19)11-7-12(21-2)9-13(8-11)22-3/h4,7-9,14-15H,5-6H2,1-3H3/t14-,15-/m1/s1. The van der Waals surface area contributed by atoms with E-state index in [2.05, 4.69) is 6.08 Å². The van der Waals surface area contributed by atoms with Gasteiger partial charge in [-0.05, 0) is 19.8 Å². The zero-order valence-corrected chi connectivity index (χ0v) is 13.0. The molecule has 1 aromatic carbocycles. The number of rotatable bonds is 3. The number of hydrogen-bond donors (Lipinski definition) is 0. The Morgan fingerprint density at radius 3 is 2.18 bits per heavy atom. The number of fused-ring (bicyclic) bond motifs is 1. The van der Waals surface area contributed by atoms with Crippen LogP contribution in [-0.4, -0.2) is 26.0 Å². The van der Waals surface area contributed by atoms with E-state index in [0.717, 1.165) is 0 Å². The van der Waals surface area contributed by atoms with E-state index in [9.17, 15) is 9.59 Å². The van der Waals surface area contributed by atoms with Crippen LogP contribution in [0.5, 0.6) is 11.5 Å². The minimum Gasteiger partial charge on any atom is -0.497 e. The molecule has 5 nitrogen and oxygen atoms in total. The van der Waals surface area contributed by atoms with Crippen molar-refractivity contribution in [3.05, 3.63) is 29.8 Å². The molecule has 1 saturated heterocycles. The van der Waals surface area contributed by atoms with Crippen molar-refractivity contribution in [3.63, 3.8) is 0 Å². The van der Waals surface area contributed by atoms with Crippen molar-refractivity contribution in [1.29, 1.82) is 0 Å². The fourth-order valence-corrected chi connectivity index (χ4v) is 3.21. The van der Waals surface area contributed by atoms with E-state index in [1.54, 1.807) is 32.4 Å². The Hall–Kier alpha value is -2.30. The van der Waals surface area contributed by atoms with Gasteiger partial charge in [-0.1, -0.05) is 11.6 Å². The number of hydrogen-bond acceptors (Lipinski definition) is 4. The molecular formula is C17H19NO4. The van der Waals surface area contributed by atoms with Gasteiger partial charge in [0.05, 0.1) is 31.7 Å². The molecule has 3 rings (SSSR count). The third kappa shape index (κ3) is 2.26. The summed E-state index contributed by atoms with van der Waals surface area (Å²) >= 11 is 0. The van der Waals surface area contributed by atoms with E-state index in [-0.39, 0.29) is 23.7 Å². The Morgan fingerprint density at radius 1 is 1.00 bits per heavy atom. The number of carbonyl (C=O) groups is 2. The van der Waals surface area contributed by atoms with Crippen LogP contribution in [0.1, 0.15) is 19.8 Å². The Kier molecular flexibility index (Phi) is 3.64. The molecule has 5 heteroatoms. The second-order valence-electron chi connectivity index (χ2n) is 5.79. The minimum atomic E-state index is -0.242. The highest BCUT2D eigenvalue weighted by Crippen LogP contribution is 2.41. The summed E-state index contributed by atoms with van der Waals surface area (Å²) in [5.74, 6) is 0.369. The van der Waals surface area contributed by atoms with Crippen LogP contribution in [0.2, 0.25) is 0 Å². The predicted molar refractivity (Wildman–Crippen MR) is 82.0 cm³/mol. The molecule has 0 saturated carbocycles. The van der Waals surface area contributed by atoms with Crippen LogP contribution in [0, 0.1) is 11.8 Å². The molecule has 22 heavy (non-hydrogen) atoms. The first-order valence-corrected chi connectivity index (χ1v) is 7.31. The number of imide groups is 1. The lowest BCUT2D eigenvalue weighted by molar-refractivity contribution is -0.122. The van der Waals surface area contributed by atoms with Crippen LogP contribution in [-0.2, 0) is 9.59 Å². The molecule has 1 fully saturated rings. The molecule has 0 radical (unpaired) electrons. The summed E-state index contributed by atoms with van der Waals surface area (Å²) in [7, 11) is 3.08. The van der Waals surface area contributed by atoms with Gasteiger partial charge in [0, 0.05) is 18.2 Å². The molecule has 0 bridgehead atoms. The highest BCUT2D eigenvalue weighted by molar-refractivity contribution is 6.22. The Morgan fingerprint density at radius 2 is 1.59 bits per heavy atom. The highest BCUT2D eigenvalue weighted by atomic mass is 16.5. The fourth-order valence-electron chi connectivity index (χ4n) is 3.21. The van der Waals surface area contributed by atoms with Gasteiger partial charge in [-0.2, -0.15) is 0 Å². The summed E-state index contributed by atoms with van der Waals surface area (Å²) in [5, 5.41) is 0. The number of carbonyl (C=O) groups excluding carboxylic acids is 2. The average molecular weight is 301 g/mol. The molecule has 1 aliphatic heterocycles. The zero-order valence-electron chi connectivity index (χ0n) is 13.0. The van der Waals surface area contributed by atoms with E-state index in [0.29, 0.717) is 30.0 Å². The molecule has 1 aromatic rings. The number of benzene rings is 1. The van der Waals surface area contributed by atoms with Gasteiger partial charge in [0.25, 0.3) is 0 Å². The Labute approximate surface area is 129 Å². The van der Waals surface area contributed by atoms with Crippen LogP contribution in [0.15, 0.2) is 29.8 Å². The lowest BCUT2D eigenvalue weighted by atomic mass is 9.82. The highest BCUT2D eigenvalue weighted by Gasteiger charge is 2.48. The van der Waals surface area contributed by atoms with Gasteiger partial charge in [0.2, 0.25) is 11.8 Å². The first-order valence-electron chi connectivity index (χ1n) is 7.31. The monoisotopic (exact) mass is 301 g/mol. The van der Waals surface area contributed by atoms with Crippen molar-refractivity contribution >= 4 is 17.5 Å². The normalized spacial score (nSPS) is 24.1. The van der Waals surface area contributed by atoms with E-state index >= 15 is 0 Å². The number of allylic oxidation sites excluding steroid dienone is 2. The minimum absolute atomic E-state index is 0.127. The van der Waals surface area contributed by atoms with Gasteiger partial charge in [-0.15, -0.1) is 0 Å². The van der Waals surface area contributed by atoms with Gasteiger partial charge < -0.3 is 9.47 Å². The molecule has 2 atom stereocenters. The van der Waals surface area contributed by atoms with Crippen LogP contribution in [0.25, 0.3) is 0 Å². The van der Waals surface area contributed by atoms with Crippen LogP contribution < -0.4 is 14.4 Å². The van der Waals surface area contributed by atoms with Gasteiger partial charge >= 0.3 is 0 Å². The van der Waals surface area contributed by atoms with Crippen molar-refractivity contribution in [2.75, 3.05) is 19.1 Å². The Bertz CT molecular complexity index is 642. The predicted octanol–water partition coefficient (Wildman–Crippen LogP) is 2.55. The van der Waals surface area contributed by atoms with Crippen molar-refractivity contribution in [1.82, 2.24) is 0 Å². The van der Waals surface area contributed by atoms with Crippen LogP contribution in [0.4, 0.5) is 5.69 Å². The van der Waals surface area contributed by atoms with Crippen LogP contribution >= 0.6 is 0 Å². The SMILES string of the molecule is COc1cc(OC)cc(N2C(=O)[C@@H]3CC=C(C)C[C@H]3C2=O)c1. The smallest absolute Gasteiger partial charge is 0.238 e. The van der Waals surface area contributed by atoms with Gasteiger partial charge in [0.15, 0.2) is 0 Å². The fraction of sp³-hybridized carbons (Fsp3) is 0.412. The number of nitrogens with zero attached hydrogens (tertiary/aromatic N) is 1. The zero-order chi connectivity index (χ0) is 15.9. The van der Waals surface area contributed by atoms with E-state index in [4.69, 9.17) is 9.47 Å². The Balaban J connectivity index is 1.99. The van der Waals surface area contributed by atoms with E-state index < -0.39 is 0 Å². The van der Waals surface area contributed by atoms with Gasteiger partial charge in [0.1, 0.15) is 11.5 Å². The maximum Gasteiger partial charge on any atom is 0.238 e. The number of methoxy groups -OCH3 is 2. The third-order valence-electron chi connectivity index (χ3n) is 4.42. The summed E-state index contributed by atoms with van der Waals surface area (Å²) in [6.45, 7) is 2.01. The maximum absolute atomic E-state index is 12.7. The third-order valence-corrected chi connectivity index (χ3v) is 4.42. The first kappa shape index (κ1) is 14.6. The molecule has 116 valence electrons. The lowest BCUT2D eigenvalue weighted by Gasteiger charge is -2.18. The molecule has 0 unspecified atom stereocenters. The quantitative estimate of drug-likeness (QED) is 0.636. The van der Waals surface area contributed by atoms with E-state index in [1.165, 1.54) is 10.5 Å². The second kappa shape index (κ2) is 5.48. The molecule has 1 aliphatic carbocycles. The summed E-state index contributed by atoms with van der Waals surface area (Å²) in [5.41, 5.74) is 1.69. The van der Waals surface area contributed by atoms with E-state index in [1.807, 2.05) is 6.92 Å². The van der Waals surface area contributed by atoms with Gasteiger partial charge in [-0.3, -0.25) is 9.59 Å².